The second-order valence-electron chi connectivity index (χ2n) is 4.54. The third-order valence-corrected chi connectivity index (χ3v) is 3.03. The van der Waals surface area contributed by atoms with Crippen molar-refractivity contribution in [1.82, 2.24) is 5.32 Å². The Morgan fingerprint density at radius 3 is 3.00 bits per heavy atom. The van der Waals surface area contributed by atoms with Gasteiger partial charge in [0, 0.05) is 24.0 Å². The van der Waals surface area contributed by atoms with Crippen LogP contribution in [0, 0.1) is 0 Å². The van der Waals surface area contributed by atoms with Gasteiger partial charge < -0.3 is 14.5 Å². The van der Waals surface area contributed by atoms with Gasteiger partial charge in [-0.1, -0.05) is 30.4 Å². The van der Waals surface area contributed by atoms with Crippen molar-refractivity contribution in [1.29, 1.82) is 0 Å². The molecular weight excluding hydrogens is 262 g/mol. The summed E-state index contributed by atoms with van der Waals surface area (Å²) >= 11 is 6.10. The van der Waals surface area contributed by atoms with Crippen molar-refractivity contribution in [2.45, 2.75) is 13.5 Å². The fourth-order valence-electron chi connectivity index (χ4n) is 1.84. The van der Waals surface area contributed by atoms with Gasteiger partial charge in [-0.3, -0.25) is 0 Å². The van der Waals surface area contributed by atoms with E-state index in [1.54, 1.807) is 0 Å². The van der Waals surface area contributed by atoms with Crippen LogP contribution >= 0.6 is 11.6 Å². The average Bonchev–Trinajstić information content (AvgIpc) is 2.69. The van der Waals surface area contributed by atoms with Crippen molar-refractivity contribution < 1.29 is 9.15 Å². The van der Waals surface area contributed by atoms with Crippen molar-refractivity contribution in [2.75, 3.05) is 19.8 Å². The van der Waals surface area contributed by atoms with E-state index in [0.717, 1.165) is 28.7 Å². The first-order chi connectivity index (χ1) is 9.18. The summed E-state index contributed by atoms with van der Waals surface area (Å²) in [5.74, 6) is 0. The summed E-state index contributed by atoms with van der Waals surface area (Å²) in [7, 11) is 0. The van der Waals surface area contributed by atoms with E-state index in [-0.39, 0.29) is 0 Å². The number of hydrogen-bond acceptors (Lipinski definition) is 3. The van der Waals surface area contributed by atoms with Crippen molar-refractivity contribution in [3.05, 3.63) is 47.2 Å². The van der Waals surface area contributed by atoms with E-state index in [0.29, 0.717) is 25.0 Å². The van der Waals surface area contributed by atoms with Crippen LogP contribution < -0.4 is 5.32 Å². The zero-order chi connectivity index (χ0) is 13.7. The zero-order valence-corrected chi connectivity index (χ0v) is 11.8. The number of nitrogens with one attached hydrogen (secondary N) is 1. The summed E-state index contributed by atoms with van der Waals surface area (Å²) in [6.45, 7) is 8.43. The maximum Gasteiger partial charge on any atom is 0.199 e. The Kier molecular flexibility index (Phi) is 5.02. The summed E-state index contributed by atoms with van der Waals surface area (Å²) in [6.07, 6.45) is 0. The van der Waals surface area contributed by atoms with E-state index in [9.17, 15) is 0 Å². The van der Waals surface area contributed by atoms with E-state index < -0.39 is 0 Å². The van der Waals surface area contributed by atoms with E-state index in [1.807, 2.05) is 31.2 Å². The molecule has 1 N–H and O–H groups in total. The molecule has 2 rings (SSSR count). The second-order valence-corrected chi connectivity index (χ2v) is 4.88. The average molecular weight is 280 g/mol. The number of rotatable bonds is 7. The van der Waals surface area contributed by atoms with Crippen LogP contribution in [0.25, 0.3) is 11.0 Å². The highest BCUT2D eigenvalue weighted by Gasteiger charge is 2.10. The van der Waals surface area contributed by atoms with Gasteiger partial charge in [-0.15, -0.1) is 0 Å². The highest BCUT2D eigenvalue weighted by Crippen LogP contribution is 2.29. The predicted molar refractivity (Wildman–Crippen MR) is 78.6 cm³/mol. The highest BCUT2D eigenvalue weighted by molar-refractivity contribution is 6.30. The predicted octanol–water partition coefficient (Wildman–Crippen LogP) is 3.77. The molecule has 0 saturated carbocycles. The van der Waals surface area contributed by atoms with Crippen molar-refractivity contribution in [3.63, 3.8) is 0 Å². The summed E-state index contributed by atoms with van der Waals surface area (Å²) in [5, 5.41) is 4.81. The molecular formula is C15H18ClNO2. The van der Waals surface area contributed by atoms with E-state index in [2.05, 4.69) is 11.9 Å². The normalized spacial score (nSPS) is 11.1. The number of para-hydroxylation sites is 1. The summed E-state index contributed by atoms with van der Waals surface area (Å²) < 4.78 is 10.9. The van der Waals surface area contributed by atoms with Crippen LogP contribution in [0.15, 0.2) is 40.8 Å². The lowest BCUT2D eigenvalue weighted by atomic mass is 10.2. The van der Waals surface area contributed by atoms with Crippen LogP contribution in [0.3, 0.4) is 0 Å². The van der Waals surface area contributed by atoms with E-state index in [1.165, 1.54) is 0 Å². The minimum absolute atomic E-state index is 0.455. The van der Waals surface area contributed by atoms with Gasteiger partial charge in [0.15, 0.2) is 5.22 Å². The van der Waals surface area contributed by atoms with Crippen LogP contribution in [0.1, 0.15) is 12.5 Å². The topological polar surface area (TPSA) is 34.4 Å². The molecule has 1 heterocycles. The fourth-order valence-corrected chi connectivity index (χ4v) is 2.09. The third-order valence-electron chi connectivity index (χ3n) is 2.72. The Balaban J connectivity index is 1.84. The SMILES string of the molecule is C=C(C)COCCNCc1c(Cl)oc2ccccc12. The Bertz CT molecular complexity index is 562. The van der Waals surface area contributed by atoms with Gasteiger partial charge in [0.2, 0.25) is 0 Å². The molecule has 0 aliphatic carbocycles. The molecule has 0 radical (unpaired) electrons. The molecule has 0 atom stereocenters. The smallest absolute Gasteiger partial charge is 0.199 e. The molecule has 0 amide bonds. The van der Waals surface area contributed by atoms with Gasteiger partial charge >= 0.3 is 0 Å². The largest absolute Gasteiger partial charge is 0.444 e. The molecule has 1 aromatic heterocycles. The van der Waals surface area contributed by atoms with Crippen molar-refractivity contribution in [3.8, 4) is 0 Å². The van der Waals surface area contributed by atoms with Gasteiger partial charge in [-0.25, -0.2) is 0 Å². The van der Waals surface area contributed by atoms with Gasteiger partial charge in [0.1, 0.15) is 5.58 Å². The van der Waals surface area contributed by atoms with Crippen molar-refractivity contribution >= 4 is 22.6 Å². The van der Waals surface area contributed by atoms with Crippen LogP contribution in [0.2, 0.25) is 5.22 Å². The Labute approximate surface area is 118 Å². The lowest BCUT2D eigenvalue weighted by Crippen LogP contribution is -2.19. The number of benzene rings is 1. The monoisotopic (exact) mass is 279 g/mol. The fraction of sp³-hybridized carbons (Fsp3) is 0.333. The zero-order valence-electron chi connectivity index (χ0n) is 11.0. The first-order valence-corrected chi connectivity index (χ1v) is 6.65. The molecule has 0 spiro atoms. The molecule has 0 aliphatic rings. The molecule has 1 aromatic carbocycles. The van der Waals surface area contributed by atoms with E-state index in [4.69, 9.17) is 20.8 Å². The Morgan fingerprint density at radius 2 is 2.21 bits per heavy atom. The Morgan fingerprint density at radius 1 is 1.42 bits per heavy atom. The molecule has 2 aromatic rings. The van der Waals surface area contributed by atoms with Crippen LogP contribution in [0.4, 0.5) is 0 Å². The molecule has 3 nitrogen and oxygen atoms in total. The standard InChI is InChI=1S/C15H18ClNO2/c1-11(2)10-18-8-7-17-9-13-12-5-3-4-6-14(12)19-15(13)16/h3-6,17H,1,7-10H2,2H3. The molecule has 0 fully saturated rings. The lowest BCUT2D eigenvalue weighted by Gasteiger charge is -2.05. The second kappa shape index (κ2) is 6.75. The molecule has 0 unspecified atom stereocenters. The van der Waals surface area contributed by atoms with Gasteiger partial charge in [-0.05, 0) is 24.6 Å². The first kappa shape index (κ1) is 14.1. The number of hydrogen-bond donors (Lipinski definition) is 1. The molecule has 102 valence electrons. The van der Waals surface area contributed by atoms with Crippen LogP contribution in [-0.4, -0.2) is 19.8 Å². The number of ether oxygens (including phenoxy) is 1. The number of furan rings is 1. The quantitative estimate of drug-likeness (QED) is 0.619. The summed E-state index contributed by atoms with van der Waals surface area (Å²) in [4.78, 5) is 0. The first-order valence-electron chi connectivity index (χ1n) is 6.27. The van der Waals surface area contributed by atoms with Crippen molar-refractivity contribution in [2.24, 2.45) is 0 Å². The number of halogens is 1. The van der Waals surface area contributed by atoms with Gasteiger partial charge in [0.05, 0.1) is 13.2 Å². The maximum absolute atomic E-state index is 6.10. The highest BCUT2D eigenvalue weighted by atomic mass is 35.5. The van der Waals surface area contributed by atoms with Gasteiger partial charge in [-0.2, -0.15) is 0 Å². The molecule has 19 heavy (non-hydrogen) atoms. The molecule has 0 bridgehead atoms. The Hall–Kier alpha value is -1.29. The lowest BCUT2D eigenvalue weighted by molar-refractivity contribution is 0.158. The number of fused-ring (bicyclic) bond motifs is 1. The van der Waals surface area contributed by atoms with Crippen LogP contribution in [0.5, 0.6) is 0 Å². The molecule has 4 heteroatoms. The molecule has 0 aliphatic heterocycles. The maximum atomic E-state index is 6.10. The van der Waals surface area contributed by atoms with Gasteiger partial charge in [0.25, 0.3) is 0 Å². The minimum Gasteiger partial charge on any atom is -0.444 e. The molecule has 0 saturated heterocycles. The van der Waals surface area contributed by atoms with Crippen LogP contribution in [-0.2, 0) is 11.3 Å². The minimum atomic E-state index is 0.455. The van der Waals surface area contributed by atoms with E-state index >= 15 is 0 Å². The summed E-state index contributed by atoms with van der Waals surface area (Å²) in [6, 6.07) is 7.85. The third kappa shape index (κ3) is 3.83. The summed E-state index contributed by atoms with van der Waals surface area (Å²) in [5.41, 5.74) is 2.85.